The van der Waals surface area contributed by atoms with Crippen LogP contribution in [-0.2, 0) is 4.74 Å². The lowest BCUT2D eigenvalue weighted by Gasteiger charge is -2.50. The molecule has 1 N–H and O–H groups in total. The average Bonchev–Trinajstić information content (AvgIpc) is 2.61. The molecule has 142 valence electrons. The van der Waals surface area contributed by atoms with E-state index in [1.807, 2.05) is 32.9 Å². The predicted octanol–water partition coefficient (Wildman–Crippen LogP) is 4.94. The first-order valence-corrected chi connectivity index (χ1v) is 9.24. The lowest BCUT2D eigenvalue weighted by atomic mass is 9.70. The number of halogens is 1. The van der Waals surface area contributed by atoms with Gasteiger partial charge in [-0.3, -0.25) is 0 Å². The van der Waals surface area contributed by atoms with E-state index in [0.717, 1.165) is 12.0 Å². The third-order valence-corrected chi connectivity index (χ3v) is 5.94. The first-order chi connectivity index (χ1) is 12.8. The Hall–Kier alpha value is -2.40. The summed E-state index contributed by atoms with van der Waals surface area (Å²) in [6.07, 6.45) is 0.369. The standard InChI is InChI=1S/C22H23FO4/c1-12-16(14-6-4-5-7-18(14)23)11-17-20(26-12)15-9-8-13(21(24)25)10-19(15)27-22(17,2)3/h4-10,12,16-17,20H,11H2,1-3H3,(H,24,25)/t12-,16+,17-,20+/m0/s1. The number of hydrogen-bond acceptors (Lipinski definition) is 3. The number of carboxylic acid groups (broad SMARTS) is 1. The van der Waals surface area contributed by atoms with Crippen LogP contribution in [0.25, 0.3) is 0 Å². The minimum Gasteiger partial charge on any atom is -0.487 e. The number of carboxylic acids is 1. The van der Waals surface area contributed by atoms with Crippen molar-refractivity contribution in [1.82, 2.24) is 0 Å². The van der Waals surface area contributed by atoms with Crippen LogP contribution in [0.15, 0.2) is 42.5 Å². The highest BCUT2D eigenvalue weighted by atomic mass is 19.1. The van der Waals surface area contributed by atoms with E-state index in [4.69, 9.17) is 9.47 Å². The Morgan fingerprint density at radius 3 is 2.63 bits per heavy atom. The van der Waals surface area contributed by atoms with E-state index in [0.29, 0.717) is 11.3 Å². The molecule has 2 aromatic rings. The molecule has 0 unspecified atom stereocenters. The second-order valence-electron chi connectivity index (χ2n) is 8.00. The Bertz CT molecular complexity index is 892. The fraction of sp³-hybridized carbons (Fsp3) is 0.409. The molecular formula is C22H23FO4. The van der Waals surface area contributed by atoms with Gasteiger partial charge in [0.1, 0.15) is 17.2 Å². The summed E-state index contributed by atoms with van der Waals surface area (Å²) in [6.45, 7) is 5.94. The SMILES string of the molecule is C[C@@H]1O[C@@H]2c3ccc(C(=O)O)cc3OC(C)(C)[C@H]2C[C@H]1c1ccccc1F. The largest absolute Gasteiger partial charge is 0.487 e. The normalized spacial score (nSPS) is 28.6. The third kappa shape index (κ3) is 3.00. The summed E-state index contributed by atoms with van der Waals surface area (Å²) in [5.74, 6) is -0.675. The van der Waals surface area contributed by atoms with Gasteiger partial charge in [-0.2, -0.15) is 0 Å². The highest BCUT2D eigenvalue weighted by molar-refractivity contribution is 5.88. The molecule has 4 atom stereocenters. The quantitative estimate of drug-likeness (QED) is 0.813. The lowest BCUT2D eigenvalue weighted by molar-refractivity contribution is -0.153. The molecule has 1 fully saturated rings. The van der Waals surface area contributed by atoms with Crippen LogP contribution in [-0.4, -0.2) is 22.8 Å². The van der Waals surface area contributed by atoms with Crippen molar-refractivity contribution in [1.29, 1.82) is 0 Å². The number of benzene rings is 2. The molecule has 2 aliphatic rings. The van der Waals surface area contributed by atoms with Gasteiger partial charge in [-0.05, 0) is 51.0 Å². The molecule has 0 saturated carbocycles. The molecule has 2 aromatic carbocycles. The number of fused-ring (bicyclic) bond motifs is 3. The highest BCUT2D eigenvalue weighted by Crippen LogP contribution is 2.53. The van der Waals surface area contributed by atoms with Gasteiger partial charge in [-0.15, -0.1) is 0 Å². The Morgan fingerprint density at radius 2 is 1.93 bits per heavy atom. The summed E-state index contributed by atoms with van der Waals surface area (Å²) >= 11 is 0. The summed E-state index contributed by atoms with van der Waals surface area (Å²) in [5, 5.41) is 9.26. The zero-order valence-corrected chi connectivity index (χ0v) is 15.6. The van der Waals surface area contributed by atoms with Crippen LogP contribution < -0.4 is 4.74 Å². The van der Waals surface area contributed by atoms with Crippen molar-refractivity contribution in [3.05, 3.63) is 65.0 Å². The van der Waals surface area contributed by atoms with Crippen LogP contribution in [0.3, 0.4) is 0 Å². The number of aromatic carboxylic acids is 1. The van der Waals surface area contributed by atoms with Gasteiger partial charge in [0.05, 0.1) is 17.8 Å². The second kappa shape index (κ2) is 6.34. The first kappa shape index (κ1) is 18.0. The van der Waals surface area contributed by atoms with Gasteiger partial charge < -0.3 is 14.6 Å². The minimum absolute atomic E-state index is 0.0292. The van der Waals surface area contributed by atoms with Gasteiger partial charge in [0, 0.05) is 17.4 Å². The van der Waals surface area contributed by atoms with Crippen LogP contribution in [0, 0.1) is 11.7 Å². The smallest absolute Gasteiger partial charge is 0.335 e. The Labute approximate surface area is 157 Å². The monoisotopic (exact) mass is 370 g/mol. The summed E-state index contributed by atoms with van der Waals surface area (Å²) in [7, 11) is 0. The first-order valence-electron chi connectivity index (χ1n) is 9.24. The number of rotatable bonds is 2. The number of hydrogen-bond donors (Lipinski definition) is 1. The number of ether oxygens (including phenoxy) is 2. The van der Waals surface area contributed by atoms with Gasteiger partial charge in [0.2, 0.25) is 0 Å². The van der Waals surface area contributed by atoms with E-state index < -0.39 is 11.6 Å². The Morgan fingerprint density at radius 1 is 1.19 bits per heavy atom. The van der Waals surface area contributed by atoms with Gasteiger partial charge in [0.15, 0.2) is 0 Å². The Balaban J connectivity index is 1.72. The summed E-state index contributed by atoms with van der Waals surface area (Å²) < 4.78 is 27.0. The summed E-state index contributed by atoms with van der Waals surface area (Å²) in [4.78, 5) is 11.3. The molecule has 0 bridgehead atoms. The molecule has 4 rings (SSSR count). The van der Waals surface area contributed by atoms with Crippen molar-refractivity contribution in [2.45, 2.75) is 50.9 Å². The molecule has 1 saturated heterocycles. The molecule has 0 spiro atoms. The van der Waals surface area contributed by atoms with Gasteiger partial charge in [0.25, 0.3) is 0 Å². The third-order valence-electron chi connectivity index (χ3n) is 5.94. The zero-order valence-electron chi connectivity index (χ0n) is 15.6. The zero-order chi connectivity index (χ0) is 19.3. The topological polar surface area (TPSA) is 55.8 Å². The maximum Gasteiger partial charge on any atom is 0.335 e. The van der Waals surface area contributed by atoms with E-state index in [-0.39, 0.29) is 35.4 Å². The van der Waals surface area contributed by atoms with Crippen molar-refractivity contribution in [2.75, 3.05) is 0 Å². The van der Waals surface area contributed by atoms with Crippen LogP contribution >= 0.6 is 0 Å². The average molecular weight is 370 g/mol. The van der Waals surface area contributed by atoms with Gasteiger partial charge >= 0.3 is 5.97 Å². The van der Waals surface area contributed by atoms with E-state index in [2.05, 4.69) is 0 Å². The predicted molar refractivity (Wildman–Crippen MR) is 98.6 cm³/mol. The molecular weight excluding hydrogens is 347 g/mol. The molecule has 0 aliphatic carbocycles. The van der Waals surface area contributed by atoms with Crippen LogP contribution in [0.1, 0.15) is 60.7 Å². The summed E-state index contributed by atoms with van der Waals surface area (Å²) in [5.41, 5.74) is 1.17. The maximum absolute atomic E-state index is 14.4. The van der Waals surface area contributed by atoms with Crippen molar-refractivity contribution in [3.8, 4) is 5.75 Å². The minimum atomic E-state index is -0.987. The molecule has 0 aromatic heterocycles. The molecule has 0 radical (unpaired) electrons. The highest BCUT2D eigenvalue weighted by Gasteiger charge is 2.50. The summed E-state index contributed by atoms with van der Waals surface area (Å²) in [6, 6.07) is 11.8. The molecule has 4 nitrogen and oxygen atoms in total. The van der Waals surface area contributed by atoms with Crippen LogP contribution in [0.4, 0.5) is 4.39 Å². The van der Waals surface area contributed by atoms with Crippen molar-refractivity contribution < 1.29 is 23.8 Å². The van der Waals surface area contributed by atoms with Crippen molar-refractivity contribution in [2.24, 2.45) is 5.92 Å². The number of carbonyl (C=O) groups is 1. The fourth-order valence-electron chi connectivity index (χ4n) is 4.45. The maximum atomic E-state index is 14.4. The Kier molecular flexibility index (Phi) is 4.22. The molecule has 2 aliphatic heterocycles. The molecule has 27 heavy (non-hydrogen) atoms. The molecule has 2 heterocycles. The van der Waals surface area contributed by atoms with E-state index in [9.17, 15) is 14.3 Å². The second-order valence-corrected chi connectivity index (χ2v) is 8.00. The molecule has 0 amide bonds. The lowest BCUT2D eigenvalue weighted by Crippen LogP contribution is -2.50. The van der Waals surface area contributed by atoms with Crippen molar-refractivity contribution in [3.63, 3.8) is 0 Å². The van der Waals surface area contributed by atoms with Crippen molar-refractivity contribution >= 4 is 5.97 Å². The van der Waals surface area contributed by atoms with Gasteiger partial charge in [-0.1, -0.05) is 24.3 Å². The van der Waals surface area contributed by atoms with E-state index in [1.54, 1.807) is 24.3 Å². The van der Waals surface area contributed by atoms with Gasteiger partial charge in [-0.25, -0.2) is 9.18 Å². The molecule has 5 heteroatoms. The van der Waals surface area contributed by atoms with Crippen LogP contribution in [0.2, 0.25) is 0 Å². The van der Waals surface area contributed by atoms with E-state index in [1.165, 1.54) is 6.07 Å². The fourth-order valence-corrected chi connectivity index (χ4v) is 4.45. The van der Waals surface area contributed by atoms with E-state index >= 15 is 0 Å². The van der Waals surface area contributed by atoms with Crippen LogP contribution in [0.5, 0.6) is 5.75 Å².